The van der Waals surface area contributed by atoms with Crippen molar-refractivity contribution in [2.45, 2.75) is 6.42 Å². The predicted octanol–water partition coefficient (Wildman–Crippen LogP) is 1.82. The van der Waals surface area contributed by atoms with Gasteiger partial charge in [-0.25, -0.2) is 0 Å². The van der Waals surface area contributed by atoms with Crippen molar-refractivity contribution in [3.8, 4) is 11.5 Å². The normalized spacial score (nSPS) is 17.5. The summed E-state index contributed by atoms with van der Waals surface area (Å²) >= 11 is 0. The predicted molar refractivity (Wildman–Crippen MR) is 59.9 cm³/mol. The molecule has 3 heteroatoms. The molecule has 1 aromatic rings. The average Bonchev–Trinajstić information content (AvgIpc) is 2.23. The molecule has 1 aliphatic heterocycles. The fraction of sp³-hybridized carbons (Fsp3) is 0.333. The summed E-state index contributed by atoms with van der Waals surface area (Å²) in [6, 6.07) is 4.99. The highest BCUT2D eigenvalue weighted by molar-refractivity contribution is 5.68. The van der Waals surface area contributed by atoms with Crippen LogP contribution in [-0.2, 0) is 0 Å². The summed E-state index contributed by atoms with van der Waals surface area (Å²) in [4.78, 5) is 2.24. The van der Waals surface area contributed by atoms with Gasteiger partial charge in [0, 0.05) is 13.1 Å². The Balaban J connectivity index is 2.26. The zero-order valence-corrected chi connectivity index (χ0v) is 8.77. The molecule has 3 nitrogen and oxygen atoms in total. The molecule has 15 heavy (non-hydrogen) atoms. The lowest BCUT2D eigenvalue weighted by molar-refractivity contribution is 0.370. The smallest absolute Gasteiger partial charge is 0.157 e. The van der Waals surface area contributed by atoms with Gasteiger partial charge in [-0.3, -0.25) is 0 Å². The summed E-state index contributed by atoms with van der Waals surface area (Å²) in [6.45, 7) is 1.98. The quantitative estimate of drug-likeness (QED) is 0.687. The van der Waals surface area contributed by atoms with Crippen LogP contribution in [0.4, 0.5) is 0 Å². The second-order valence-corrected chi connectivity index (χ2v) is 3.95. The Morgan fingerprint density at radius 1 is 1.20 bits per heavy atom. The highest BCUT2D eigenvalue weighted by Gasteiger charge is 2.10. The van der Waals surface area contributed by atoms with Gasteiger partial charge in [-0.05, 0) is 36.7 Å². The van der Waals surface area contributed by atoms with Gasteiger partial charge in [0.25, 0.3) is 0 Å². The van der Waals surface area contributed by atoms with Crippen LogP contribution in [0.1, 0.15) is 12.0 Å². The van der Waals surface area contributed by atoms with Gasteiger partial charge in [0.05, 0.1) is 0 Å². The maximum atomic E-state index is 9.40. The third kappa shape index (κ3) is 2.13. The topological polar surface area (TPSA) is 43.7 Å². The summed E-state index contributed by atoms with van der Waals surface area (Å²) in [7, 11) is 2.08. The number of phenolic OH excluding ortho intramolecular Hbond substituents is 2. The third-order valence-corrected chi connectivity index (χ3v) is 2.76. The van der Waals surface area contributed by atoms with E-state index in [0.29, 0.717) is 0 Å². The SMILES string of the molecule is CN1CC=C(c2ccc(O)c(O)c2)CC1. The molecule has 0 unspecified atom stereocenters. The molecule has 0 spiro atoms. The Bertz CT molecular complexity index is 399. The monoisotopic (exact) mass is 205 g/mol. The molecule has 1 aliphatic rings. The van der Waals surface area contributed by atoms with Gasteiger partial charge >= 0.3 is 0 Å². The lowest BCUT2D eigenvalue weighted by atomic mass is 9.99. The van der Waals surface area contributed by atoms with E-state index in [4.69, 9.17) is 0 Å². The van der Waals surface area contributed by atoms with Gasteiger partial charge in [0.1, 0.15) is 0 Å². The Morgan fingerprint density at radius 2 is 2.00 bits per heavy atom. The van der Waals surface area contributed by atoms with E-state index < -0.39 is 0 Å². The molecule has 80 valence electrons. The second kappa shape index (κ2) is 3.95. The van der Waals surface area contributed by atoms with Crippen molar-refractivity contribution in [2.24, 2.45) is 0 Å². The number of rotatable bonds is 1. The van der Waals surface area contributed by atoms with Crippen molar-refractivity contribution in [3.05, 3.63) is 29.8 Å². The first-order valence-corrected chi connectivity index (χ1v) is 5.07. The first-order chi connectivity index (χ1) is 7.16. The molecule has 1 aromatic carbocycles. The zero-order valence-electron chi connectivity index (χ0n) is 8.77. The number of phenols is 2. The molecular weight excluding hydrogens is 190 g/mol. The van der Waals surface area contributed by atoms with E-state index in [1.807, 2.05) is 6.07 Å². The number of hydrogen-bond acceptors (Lipinski definition) is 3. The Morgan fingerprint density at radius 3 is 2.60 bits per heavy atom. The summed E-state index contributed by atoms with van der Waals surface area (Å²) < 4.78 is 0. The van der Waals surface area contributed by atoms with E-state index >= 15 is 0 Å². The largest absolute Gasteiger partial charge is 0.504 e. The first kappa shape index (κ1) is 10.1. The molecule has 0 amide bonds. The van der Waals surface area contributed by atoms with E-state index in [2.05, 4.69) is 18.0 Å². The lowest BCUT2D eigenvalue weighted by Gasteiger charge is -2.22. The molecule has 2 N–H and O–H groups in total. The molecule has 0 aromatic heterocycles. The molecule has 0 atom stereocenters. The minimum absolute atomic E-state index is 0.0488. The highest BCUT2D eigenvalue weighted by Crippen LogP contribution is 2.30. The maximum absolute atomic E-state index is 9.40. The van der Waals surface area contributed by atoms with Crippen molar-refractivity contribution in [2.75, 3.05) is 20.1 Å². The second-order valence-electron chi connectivity index (χ2n) is 3.95. The summed E-state index contributed by atoms with van der Waals surface area (Å²) in [5, 5.41) is 18.6. The van der Waals surface area contributed by atoms with Crippen LogP contribution in [0.3, 0.4) is 0 Å². The van der Waals surface area contributed by atoms with Crippen molar-refractivity contribution in [1.82, 2.24) is 4.90 Å². The highest BCUT2D eigenvalue weighted by atomic mass is 16.3. The first-order valence-electron chi connectivity index (χ1n) is 5.07. The third-order valence-electron chi connectivity index (χ3n) is 2.76. The van der Waals surface area contributed by atoms with Crippen LogP contribution in [0, 0.1) is 0 Å². The van der Waals surface area contributed by atoms with Crippen LogP contribution in [0.2, 0.25) is 0 Å². The van der Waals surface area contributed by atoms with Crippen LogP contribution in [0.25, 0.3) is 5.57 Å². The molecule has 0 aliphatic carbocycles. The summed E-state index contributed by atoms with van der Waals surface area (Å²) in [6.07, 6.45) is 3.15. The Hall–Kier alpha value is -1.48. The summed E-state index contributed by atoms with van der Waals surface area (Å²) in [5.41, 5.74) is 2.24. The minimum Gasteiger partial charge on any atom is -0.504 e. The molecule has 2 rings (SSSR count). The number of aromatic hydroxyl groups is 2. The van der Waals surface area contributed by atoms with Gasteiger partial charge in [0.15, 0.2) is 11.5 Å². The number of nitrogens with zero attached hydrogens (tertiary/aromatic N) is 1. The van der Waals surface area contributed by atoms with Gasteiger partial charge in [-0.1, -0.05) is 12.1 Å². The van der Waals surface area contributed by atoms with Crippen molar-refractivity contribution in [1.29, 1.82) is 0 Å². The fourth-order valence-corrected chi connectivity index (χ4v) is 1.76. The molecule has 0 fully saturated rings. The van der Waals surface area contributed by atoms with E-state index in [1.165, 1.54) is 11.6 Å². The van der Waals surface area contributed by atoms with Gasteiger partial charge in [-0.15, -0.1) is 0 Å². The molecule has 0 radical (unpaired) electrons. The maximum Gasteiger partial charge on any atom is 0.157 e. The van der Waals surface area contributed by atoms with Crippen LogP contribution in [-0.4, -0.2) is 35.3 Å². The molecule has 0 saturated carbocycles. The lowest BCUT2D eigenvalue weighted by Crippen LogP contribution is -2.23. The summed E-state index contributed by atoms with van der Waals surface area (Å²) in [5.74, 6) is -0.111. The number of benzene rings is 1. The molecule has 0 bridgehead atoms. The van der Waals surface area contributed by atoms with Crippen LogP contribution < -0.4 is 0 Å². The molecular formula is C12H15NO2. The van der Waals surface area contributed by atoms with E-state index in [1.54, 1.807) is 6.07 Å². The fourth-order valence-electron chi connectivity index (χ4n) is 1.76. The number of likely N-dealkylation sites (N-methyl/N-ethyl adjacent to an activating group) is 1. The van der Waals surface area contributed by atoms with Crippen molar-refractivity contribution >= 4 is 5.57 Å². The zero-order chi connectivity index (χ0) is 10.8. The van der Waals surface area contributed by atoms with Gasteiger partial charge in [-0.2, -0.15) is 0 Å². The van der Waals surface area contributed by atoms with Crippen LogP contribution >= 0.6 is 0 Å². The van der Waals surface area contributed by atoms with E-state index in [9.17, 15) is 10.2 Å². The van der Waals surface area contributed by atoms with E-state index in [-0.39, 0.29) is 11.5 Å². The van der Waals surface area contributed by atoms with E-state index in [0.717, 1.165) is 25.1 Å². The Labute approximate surface area is 89.3 Å². The standard InChI is InChI=1S/C12H15NO2/c1-13-6-4-9(5-7-13)10-2-3-11(14)12(15)8-10/h2-4,8,14-15H,5-7H2,1H3. The average molecular weight is 205 g/mol. The minimum atomic E-state index is -0.0627. The van der Waals surface area contributed by atoms with Gasteiger partial charge < -0.3 is 15.1 Å². The molecule has 1 heterocycles. The van der Waals surface area contributed by atoms with Crippen molar-refractivity contribution < 1.29 is 10.2 Å². The van der Waals surface area contributed by atoms with Crippen LogP contribution in [0.15, 0.2) is 24.3 Å². The van der Waals surface area contributed by atoms with Crippen LogP contribution in [0.5, 0.6) is 11.5 Å². The van der Waals surface area contributed by atoms with Gasteiger partial charge in [0.2, 0.25) is 0 Å². The Kier molecular flexibility index (Phi) is 2.64. The molecule has 0 saturated heterocycles. The van der Waals surface area contributed by atoms with Crippen molar-refractivity contribution in [3.63, 3.8) is 0 Å². The number of hydrogen-bond donors (Lipinski definition) is 2.